The highest BCUT2D eigenvalue weighted by Crippen LogP contribution is 2.36. The van der Waals surface area contributed by atoms with Crippen molar-refractivity contribution >= 4 is 27.5 Å². The number of carbonyl (C=O) groups excluding carboxylic acids is 2. The summed E-state index contributed by atoms with van der Waals surface area (Å²) in [5, 5.41) is 2.64. The molecular weight excluding hydrogens is 470 g/mol. The van der Waals surface area contributed by atoms with Crippen LogP contribution in [0, 0.1) is 6.92 Å². The van der Waals surface area contributed by atoms with E-state index in [1.165, 1.54) is 4.31 Å². The molecule has 0 bridgehead atoms. The van der Waals surface area contributed by atoms with Gasteiger partial charge in [0.25, 0.3) is 0 Å². The van der Waals surface area contributed by atoms with Gasteiger partial charge in [-0.1, -0.05) is 36.8 Å². The lowest BCUT2D eigenvalue weighted by Gasteiger charge is -2.31. The van der Waals surface area contributed by atoms with Crippen LogP contribution in [0.25, 0.3) is 0 Å². The van der Waals surface area contributed by atoms with Crippen molar-refractivity contribution in [3.8, 4) is 11.5 Å². The second kappa shape index (κ2) is 11.4. The van der Waals surface area contributed by atoms with E-state index in [4.69, 9.17) is 9.47 Å². The van der Waals surface area contributed by atoms with Crippen LogP contribution in [0.4, 0.5) is 5.69 Å². The van der Waals surface area contributed by atoms with Crippen molar-refractivity contribution in [2.75, 3.05) is 30.9 Å². The van der Waals surface area contributed by atoms with Gasteiger partial charge in [-0.2, -0.15) is 0 Å². The predicted molar refractivity (Wildman–Crippen MR) is 134 cm³/mol. The summed E-state index contributed by atoms with van der Waals surface area (Å²) < 4.78 is 36.9. The van der Waals surface area contributed by atoms with Crippen LogP contribution >= 0.6 is 0 Å². The molecular formula is C25H33N3O6S. The molecule has 2 aromatic rings. The summed E-state index contributed by atoms with van der Waals surface area (Å²) in [6, 6.07) is 12.1. The molecule has 10 heteroatoms. The number of nitrogens with one attached hydrogen (secondary N) is 1. The molecule has 1 N–H and O–H groups in total. The zero-order chi connectivity index (χ0) is 25.6. The molecule has 1 aliphatic heterocycles. The number of aryl methyl sites for hydroxylation is 1. The van der Waals surface area contributed by atoms with E-state index < -0.39 is 16.1 Å². The van der Waals surface area contributed by atoms with Crippen LogP contribution in [0.3, 0.4) is 0 Å². The van der Waals surface area contributed by atoms with E-state index in [1.54, 1.807) is 30.1 Å². The first-order valence-electron chi connectivity index (χ1n) is 11.6. The number of fused-ring (bicyclic) bond motifs is 1. The minimum Gasteiger partial charge on any atom is -0.454 e. The number of hydrogen-bond acceptors (Lipinski definition) is 6. The Kier molecular flexibility index (Phi) is 8.61. The SMILES string of the molecule is CC[C@H](C(=O)NC)N(Cc1cccc(C)c1)C(=O)CCCN(c1ccc2c(c1)OCO2)S(C)(=O)=O. The zero-order valence-corrected chi connectivity index (χ0v) is 21.4. The number of likely N-dealkylation sites (N-methyl/N-ethyl adjacent to an activating group) is 1. The third kappa shape index (κ3) is 6.66. The zero-order valence-electron chi connectivity index (χ0n) is 20.6. The molecule has 0 aliphatic carbocycles. The maximum Gasteiger partial charge on any atom is 0.242 e. The van der Waals surface area contributed by atoms with Crippen LogP contribution in [0.1, 0.15) is 37.3 Å². The Balaban J connectivity index is 1.75. The van der Waals surface area contributed by atoms with E-state index in [0.717, 1.165) is 17.4 Å². The number of anilines is 1. The molecule has 35 heavy (non-hydrogen) atoms. The molecule has 0 aromatic heterocycles. The van der Waals surface area contributed by atoms with Gasteiger partial charge in [0, 0.05) is 32.6 Å². The molecule has 0 spiro atoms. The molecule has 3 rings (SSSR count). The third-order valence-electron chi connectivity index (χ3n) is 5.86. The van der Waals surface area contributed by atoms with E-state index in [0.29, 0.717) is 30.2 Å². The molecule has 0 unspecified atom stereocenters. The highest BCUT2D eigenvalue weighted by molar-refractivity contribution is 7.92. The Morgan fingerprint density at radius 1 is 1.11 bits per heavy atom. The fraction of sp³-hybridized carbons (Fsp3) is 0.440. The summed E-state index contributed by atoms with van der Waals surface area (Å²) >= 11 is 0. The van der Waals surface area contributed by atoms with E-state index in [1.807, 2.05) is 38.1 Å². The Morgan fingerprint density at radius 2 is 1.86 bits per heavy atom. The molecule has 1 heterocycles. The molecule has 0 fully saturated rings. The number of hydrogen-bond donors (Lipinski definition) is 1. The van der Waals surface area contributed by atoms with Gasteiger partial charge in [0.1, 0.15) is 6.04 Å². The number of amides is 2. The average molecular weight is 504 g/mol. The fourth-order valence-corrected chi connectivity index (χ4v) is 5.09. The summed E-state index contributed by atoms with van der Waals surface area (Å²) in [7, 11) is -2.05. The number of rotatable bonds is 11. The Morgan fingerprint density at radius 3 is 2.51 bits per heavy atom. The van der Waals surface area contributed by atoms with Gasteiger partial charge in [-0.05, 0) is 37.5 Å². The molecule has 190 valence electrons. The largest absolute Gasteiger partial charge is 0.454 e. The van der Waals surface area contributed by atoms with Crippen LogP contribution in [0.2, 0.25) is 0 Å². The van der Waals surface area contributed by atoms with Crippen LogP contribution in [-0.2, 0) is 26.2 Å². The van der Waals surface area contributed by atoms with Crippen molar-refractivity contribution < 1.29 is 27.5 Å². The van der Waals surface area contributed by atoms with Crippen LogP contribution in [0.15, 0.2) is 42.5 Å². The maximum absolute atomic E-state index is 13.3. The fourth-order valence-electron chi connectivity index (χ4n) is 4.14. The van der Waals surface area contributed by atoms with E-state index in [2.05, 4.69) is 5.32 Å². The number of sulfonamides is 1. The quantitative estimate of drug-likeness (QED) is 0.506. The lowest BCUT2D eigenvalue weighted by Crippen LogP contribution is -2.48. The summed E-state index contributed by atoms with van der Waals surface area (Å²) in [6.45, 7) is 4.33. The molecule has 1 aliphatic rings. The normalized spacial score (nSPS) is 13.3. The topological polar surface area (TPSA) is 105 Å². The Labute approximate surface area is 207 Å². The van der Waals surface area contributed by atoms with Gasteiger partial charge in [-0.25, -0.2) is 8.42 Å². The van der Waals surface area contributed by atoms with Crippen molar-refractivity contribution in [2.45, 2.75) is 45.7 Å². The lowest BCUT2D eigenvalue weighted by molar-refractivity contribution is -0.141. The average Bonchev–Trinajstić information content (AvgIpc) is 3.28. The van der Waals surface area contributed by atoms with Gasteiger partial charge in [0.15, 0.2) is 11.5 Å². The summed E-state index contributed by atoms with van der Waals surface area (Å²) in [4.78, 5) is 27.4. The summed E-state index contributed by atoms with van der Waals surface area (Å²) in [6.07, 6.45) is 1.97. The molecule has 0 saturated heterocycles. The number of carbonyl (C=O) groups is 2. The van der Waals surface area contributed by atoms with Gasteiger partial charge in [-0.15, -0.1) is 0 Å². The first-order valence-corrected chi connectivity index (χ1v) is 13.4. The minimum absolute atomic E-state index is 0.0901. The highest BCUT2D eigenvalue weighted by Gasteiger charge is 2.28. The van der Waals surface area contributed by atoms with Crippen LogP contribution in [-0.4, -0.2) is 57.8 Å². The van der Waals surface area contributed by atoms with Crippen molar-refractivity contribution in [1.82, 2.24) is 10.2 Å². The molecule has 0 radical (unpaired) electrons. The van der Waals surface area contributed by atoms with Crippen molar-refractivity contribution in [1.29, 1.82) is 0 Å². The van der Waals surface area contributed by atoms with E-state index in [9.17, 15) is 18.0 Å². The Hall–Kier alpha value is -3.27. The second-order valence-corrected chi connectivity index (χ2v) is 10.4. The van der Waals surface area contributed by atoms with Gasteiger partial charge >= 0.3 is 0 Å². The van der Waals surface area contributed by atoms with Gasteiger partial charge < -0.3 is 19.7 Å². The number of benzene rings is 2. The second-order valence-electron chi connectivity index (χ2n) is 8.53. The minimum atomic E-state index is -3.60. The first kappa shape index (κ1) is 26.3. The highest BCUT2D eigenvalue weighted by atomic mass is 32.2. The van der Waals surface area contributed by atoms with E-state index >= 15 is 0 Å². The smallest absolute Gasteiger partial charge is 0.242 e. The van der Waals surface area contributed by atoms with Gasteiger partial charge in [-0.3, -0.25) is 13.9 Å². The molecule has 1 atom stereocenters. The van der Waals surface area contributed by atoms with Gasteiger partial charge in [0.2, 0.25) is 28.6 Å². The Bertz CT molecular complexity index is 1170. The predicted octanol–water partition coefficient (Wildman–Crippen LogP) is 2.82. The van der Waals surface area contributed by atoms with Crippen LogP contribution < -0.4 is 19.1 Å². The molecule has 0 saturated carbocycles. The summed E-state index contributed by atoms with van der Waals surface area (Å²) in [5.74, 6) is 0.601. The van der Waals surface area contributed by atoms with E-state index in [-0.39, 0.29) is 38.0 Å². The first-order chi connectivity index (χ1) is 16.6. The molecule has 9 nitrogen and oxygen atoms in total. The lowest BCUT2D eigenvalue weighted by atomic mass is 10.1. The maximum atomic E-state index is 13.3. The monoisotopic (exact) mass is 503 g/mol. The standard InChI is InChI=1S/C25H33N3O6S/c1-5-21(25(30)26-3)27(16-19-9-6-8-18(2)14-19)24(29)10-7-13-28(35(4,31)32)20-11-12-22-23(15-20)34-17-33-22/h6,8-9,11-12,14-15,21H,5,7,10,13,16-17H2,1-4H3,(H,26,30)/t21-/m1/s1. The van der Waals surface area contributed by atoms with Crippen molar-refractivity contribution in [2.24, 2.45) is 0 Å². The van der Waals surface area contributed by atoms with Gasteiger partial charge in [0.05, 0.1) is 11.9 Å². The van der Waals surface area contributed by atoms with Crippen molar-refractivity contribution in [3.63, 3.8) is 0 Å². The molecule has 2 amide bonds. The number of ether oxygens (including phenoxy) is 2. The van der Waals surface area contributed by atoms with Crippen molar-refractivity contribution in [3.05, 3.63) is 53.6 Å². The van der Waals surface area contributed by atoms with Crippen LogP contribution in [0.5, 0.6) is 11.5 Å². The summed E-state index contributed by atoms with van der Waals surface area (Å²) in [5.41, 5.74) is 2.44. The third-order valence-corrected chi connectivity index (χ3v) is 7.06. The molecule has 2 aromatic carbocycles. The number of nitrogens with zero attached hydrogens (tertiary/aromatic N) is 2.